The van der Waals surface area contributed by atoms with Crippen molar-refractivity contribution in [1.82, 2.24) is 14.8 Å². The number of amides is 1. The molecule has 6 nitrogen and oxygen atoms in total. The number of carbonyl (C=O) groups excluding carboxylic acids is 2. The minimum Gasteiger partial charge on any atom is -0.503 e. The second-order valence-corrected chi connectivity index (χ2v) is 7.08. The fraction of sp³-hybridized carbons (Fsp3) is 0.292. The summed E-state index contributed by atoms with van der Waals surface area (Å²) in [4.78, 5) is 33.8. The molecule has 156 valence electrons. The van der Waals surface area contributed by atoms with Gasteiger partial charge in [0, 0.05) is 25.5 Å². The molecule has 1 aliphatic heterocycles. The number of allylic oxidation sites excluding steroid dienone is 1. The fourth-order valence-electron chi connectivity index (χ4n) is 3.64. The van der Waals surface area contributed by atoms with Crippen molar-refractivity contribution in [3.63, 3.8) is 0 Å². The van der Waals surface area contributed by atoms with Crippen LogP contribution < -0.4 is 0 Å². The summed E-state index contributed by atoms with van der Waals surface area (Å²) in [6.45, 7) is 6.91. The molecule has 2 heterocycles. The van der Waals surface area contributed by atoms with E-state index in [0.717, 1.165) is 18.7 Å². The van der Waals surface area contributed by atoms with Crippen LogP contribution in [0.5, 0.6) is 0 Å². The number of benzene rings is 1. The number of hydrogen-bond acceptors (Lipinski definition) is 5. The van der Waals surface area contributed by atoms with Gasteiger partial charge in [-0.1, -0.05) is 56.3 Å². The van der Waals surface area contributed by atoms with Gasteiger partial charge in [0.25, 0.3) is 5.91 Å². The molecule has 1 aromatic carbocycles. The summed E-state index contributed by atoms with van der Waals surface area (Å²) in [5.74, 6) is -1.39. The monoisotopic (exact) mass is 405 g/mol. The first-order valence-corrected chi connectivity index (χ1v) is 10.2. The molecule has 1 aromatic heterocycles. The van der Waals surface area contributed by atoms with Crippen LogP contribution in [-0.4, -0.2) is 57.8 Å². The minimum absolute atomic E-state index is 0.0970. The predicted octanol–water partition coefficient (Wildman–Crippen LogP) is 3.40. The molecule has 0 saturated heterocycles. The third kappa shape index (κ3) is 4.66. The Bertz CT molecular complexity index is 935. The number of nitrogens with zero attached hydrogens (tertiary/aromatic N) is 3. The lowest BCUT2D eigenvalue weighted by atomic mass is 9.96. The molecule has 0 spiro atoms. The number of rotatable bonds is 9. The summed E-state index contributed by atoms with van der Waals surface area (Å²) < 4.78 is 0. The predicted molar refractivity (Wildman–Crippen MR) is 117 cm³/mol. The van der Waals surface area contributed by atoms with Crippen molar-refractivity contribution < 1.29 is 14.7 Å². The molecule has 1 atom stereocenters. The Morgan fingerprint density at radius 2 is 1.90 bits per heavy atom. The number of hydrogen-bond donors (Lipinski definition) is 1. The Morgan fingerprint density at radius 1 is 1.17 bits per heavy atom. The molecule has 1 N–H and O–H groups in total. The molecule has 0 bridgehead atoms. The molecule has 6 heteroatoms. The highest BCUT2D eigenvalue weighted by Crippen LogP contribution is 2.37. The number of aliphatic hydroxyl groups excluding tert-OH is 1. The summed E-state index contributed by atoms with van der Waals surface area (Å²) in [5.41, 5.74) is 1.66. The van der Waals surface area contributed by atoms with Gasteiger partial charge >= 0.3 is 0 Å². The van der Waals surface area contributed by atoms with Gasteiger partial charge in [-0.05, 0) is 36.4 Å². The van der Waals surface area contributed by atoms with Crippen molar-refractivity contribution in [2.24, 2.45) is 0 Å². The van der Waals surface area contributed by atoms with E-state index < -0.39 is 17.7 Å². The largest absolute Gasteiger partial charge is 0.503 e. The Balaban J connectivity index is 1.92. The van der Waals surface area contributed by atoms with Crippen molar-refractivity contribution >= 4 is 17.8 Å². The van der Waals surface area contributed by atoms with Gasteiger partial charge in [-0.15, -0.1) is 0 Å². The van der Waals surface area contributed by atoms with Crippen molar-refractivity contribution in [3.05, 3.63) is 83.4 Å². The maximum absolute atomic E-state index is 13.0. The molecule has 1 amide bonds. The summed E-state index contributed by atoms with van der Waals surface area (Å²) >= 11 is 0. The smallest absolute Gasteiger partial charge is 0.290 e. The summed E-state index contributed by atoms with van der Waals surface area (Å²) in [6, 6.07) is 12.4. The topological polar surface area (TPSA) is 73.7 Å². The van der Waals surface area contributed by atoms with Crippen LogP contribution in [0.1, 0.15) is 31.0 Å². The van der Waals surface area contributed by atoms with Crippen LogP contribution in [0.3, 0.4) is 0 Å². The quantitative estimate of drug-likeness (QED) is 0.648. The molecule has 1 aliphatic rings. The highest BCUT2D eigenvalue weighted by molar-refractivity contribution is 6.14. The first kappa shape index (κ1) is 21.5. The Hall–Kier alpha value is -3.25. The summed E-state index contributed by atoms with van der Waals surface area (Å²) in [5, 5.41) is 10.6. The molecule has 1 unspecified atom stereocenters. The van der Waals surface area contributed by atoms with Crippen LogP contribution in [0, 0.1) is 0 Å². The zero-order valence-corrected chi connectivity index (χ0v) is 17.4. The van der Waals surface area contributed by atoms with Gasteiger partial charge < -0.3 is 14.9 Å². The van der Waals surface area contributed by atoms with E-state index in [1.54, 1.807) is 29.4 Å². The number of aromatic nitrogens is 1. The second kappa shape index (κ2) is 9.98. The average molecular weight is 405 g/mol. The van der Waals surface area contributed by atoms with Crippen LogP contribution in [0.15, 0.2) is 72.3 Å². The fourth-order valence-corrected chi connectivity index (χ4v) is 3.64. The molecule has 30 heavy (non-hydrogen) atoms. The minimum atomic E-state index is -0.658. The molecule has 0 saturated carbocycles. The Kier molecular flexibility index (Phi) is 7.14. The lowest BCUT2D eigenvalue weighted by Gasteiger charge is -2.29. The van der Waals surface area contributed by atoms with Gasteiger partial charge in [0.15, 0.2) is 11.5 Å². The number of carbonyl (C=O) groups is 2. The van der Waals surface area contributed by atoms with E-state index in [9.17, 15) is 14.7 Å². The number of pyridine rings is 1. The van der Waals surface area contributed by atoms with E-state index in [4.69, 9.17) is 0 Å². The van der Waals surface area contributed by atoms with E-state index >= 15 is 0 Å². The lowest BCUT2D eigenvalue weighted by Crippen LogP contribution is -2.38. The van der Waals surface area contributed by atoms with Gasteiger partial charge in [0.2, 0.25) is 0 Å². The zero-order valence-electron chi connectivity index (χ0n) is 17.4. The van der Waals surface area contributed by atoms with E-state index in [0.29, 0.717) is 18.7 Å². The Morgan fingerprint density at radius 3 is 2.53 bits per heavy atom. The van der Waals surface area contributed by atoms with Crippen LogP contribution in [0.2, 0.25) is 0 Å². The molecule has 0 radical (unpaired) electrons. The summed E-state index contributed by atoms with van der Waals surface area (Å²) in [7, 11) is 0. The summed E-state index contributed by atoms with van der Waals surface area (Å²) in [6.07, 6.45) is 6.37. The zero-order chi connectivity index (χ0) is 21.5. The number of aliphatic hydroxyl groups is 1. The maximum atomic E-state index is 13.0. The molecule has 3 rings (SSSR count). The molecule has 2 aromatic rings. The van der Waals surface area contributed by atoms with E-state index in [-0.39, 0.29) is 11.4 Å². The lowest BCUT2D eigenvalue weighted by molar-refractivity contribution is -0.129. The van der Waals surface area contributed by atoms with Crippen molar-refractivity contribution in [1.29, 1.82) is 0 Å². The van der Waals surface area contributed by atoms with Crippen molar-refractivity contribution in [2.75, 3.05) is 26.2 Å². The van der Waals surface area contributed by atoms with Crippen LogP contribution in [0.4, 0.5) is 0 Å². The first-order chi connectivity index (χ1) is 14.6. The molecular formula is C24H27N3O3. The second-order valence-electron chi connectivity index (χ2n) is 7.08. The van der Waals surface area contributed by atoms with Crippen molar-refractivity contribution in [2.45, 2.75) is 19.9 Å². The van der Waals surface area contributed by atoms with Gasteiger partial charge in [0.05, 0.1) is 11.6 Å². The van der Waals surface area contributed by atoms with Crippen LogP contribution in [0.25, 0.3) is 6.08 Å². The molecular weight excluding hydrogens is 378 g/mol. The van der Waals surface area contributed by atoms with Crippen LogP contribution >= 0.6 is 0 Å². The number of likely N-dealkylation sites (N-methyl/N-ethyl adjacent to an activating group) is 1. The van der Waals surface area contributed by atoms with Crippen molar-refractivity contribution in [3.8, 4) is 0 Å². The van der Waals surface area contributed by atoms with Gasteiger partial charge in [-0.3, -0.25) is 14.6 Å². The Labute approximate surface area is 177 Å². The molecule has 0 fully saturated rings. The van der Waals surface area contributed by atoms with E-state index in [2.05, 4.69) is 23.7 Å². The van der Waals surface area contributed by atoms with E-state index in [1.807, 2.05) is 36.4 Å². The molecule has 0 aliphatic carbocycles. The van der Waals surface area contributed by atoms with Gasteiger partial charge in [-0.2, -0.15) is 0 Å². The standard InChI is InChI=1S/C24H27N3O3/c1-3-26(4-2)15-16-27-22(19-11-8-14-25-17-19)21(23(29)24(27)30)20(28)13-12-18-9-6-5-7-10-18/h5-14,17,22,29H,3-4,15-16H2,1-2H3/b13-12+. The normalized spacial score (nSPS) is 16.8. The third-order valence-corrected chi connectivity index (χ3v) is 5.35. The van der Waals surface area contributed by atoms with Gasteiger partial charge in [0.1, 0.15) is 0 Å². The third-order valence-electron chi connectivity index (χ3n) is 5.35. The van der Waals surface area contributed by atoms with Gasteiger partial charge in [-0.25, -0.2) is 0 Å². The number of ketones is 1. The SMILES string of the molecule is CCN(CC)CCN1C(=O)C(O)=C(C(=O)/C=C/c2ccccc2)C1c1cccnc1. The van der Waals surface area contributed by atoms with Crippen LogP contribution in [-0.2, 0) is 9.59 Å². The average Bonchev–Trinajstić information content (AvgIpc) is 3.04. The first-order valence-electron chi connectivity index (χ1n) is 10.2. The highest BCUT2D eigenvalue weighted by Gasteiger charge is 2.42. The maximum Gasteiger partial charge on any atom is 0.290 e. The van der Waals surface area contributed by atoms with E-state index in [1.165, 1.54) is 6.08 Å². The highest BCUT2D eigenvalue weighted by atomic mass is 16.3.